The Balaban J connectivity index is 2.21. The highest BCUT2D eigenvalue weighted by atomic mass is 35.5. The van der Waals surface area contributed by atoms with Crippen LogP contribution in [0.2, 0.25) is 15.3 Å². The summed E-state index contributed by atoms with van der Waals surface area (Å²) in [6.07, 6.45) is 0.953. The van der Waals surface area contributed by atoms with Gasteiger partial charge in [0.2, 0.25) is 17.2 Å². The van der Waals surface area contributed by atoms with Crippen molar-refractivity contribution in [3.63, 3.8) is 0 Å². The Hall–Kier alpha value is -1.30. The molecule has 1 aromatic heterocycles. The fourth-order valence-corrected chi connectivity index (χ4v) is 2.05. The van der Waals surface area contributed by atoms with Gasteiger partial charge in [-0.05, 0) is 36.2 Å². The van der Waals surface area contributed by atoms with E-state index in [2.05, 4.69) is 25.6 Å². The number of benzene rings is 1. The Bertz CT molecular complexity index is 606. The van der Waals surface area contributed by atoms with Crippen molar-refractivity contribution in [1.29, 1.82) is 0 Å². The molecule has 0 unspecified atom stereocenters. The van der Waals surface area contributed by atoms with Gasteiger partial charge in [-0.2, -0.15) is 15.0 Å². The lowest BCUT2D eigenvalue weighted by molar-refractivity contribution is 0.940. The molecular weight excluding hydrogens is 321 g/mol. The van der Waals surface area contributed by atoms with E-state index < -0.39 is 0 Å². The summed E-state index contributed by atoms with van der Waals surface area (Å²) in [7, 11) is 0. The second-order valence-corrected chi connectivity index (χ2v) is 5.11. The molecule has 0 aliphatic heterocycles. The first-order valence-electron chi connectivity index (χ1n) is 5.96. The first kappa shape index (κ1) is 15.1. The van der Waals surface area contributed by atoms with Gasteiger partial charge in [0, 0.05) is 11.6 Å². The van der Waals surface area contributed by atoms with Crippen LogP contribution >= 0.6 is 34.8 Å². The van der Waals surface area contributed by atoms with Gasteiger partial charge in [0.1, 0.15) is 0 Å². The predicted octanol–water partition coefficient (Wildman–Crippen LogP) is 4.40. The van der Waals surface area contributed by atoms with Gasteiger partial charge in [-0.15, -0.1) is 0 Å². The minimum absolute atomic E-state index is 0.103. The lowest BCUT2D eigenvalue weighted by atomic mass is 10.3. The van der Waals surface area contributed by atoms with E-state index in [1.807, 2.05) is 6.92 Å². The zero-order valence-corrected chi connectivity index (χ0v) is 12.9. The second kappa shape index (κ2) is 6.92. The van der Waals surface area contributed by atoms with Crippen LogP contribution in [0.15, 0.2) is 18.2 Å². The number of nitrogens with one attached hydrogen (secondary N) is 2. The van der Waals surface area contributed by atoms with Gasteiger partial charge in [-0.1, -0.05) is 30.1 Å². The summed E-state index contributed by atoms with van der Waals surface area (Å²) in [6.45, 7) is 2.80. The highest BCUT2D eigenvalue weighted by molar-refractivity contribution is 6.36. The minimum atomic E-state index is 0.103. The van der Waals surface area contributed by atoms with Crippen molar-refractivity contribution >= 4 is 52.4 Å². The van der Waals surface area contributed by atoms with Crippen LogP contribution in [0.4, 0.5) is 17.6 Å². The Labute approximate surface area is 131 Å². The third-order valence-electron chi connectivity index (χ3n) is 2.32. The van der Waals surface area contributed by atoms with Crippen LogP contribution in [-0.4, -0.2) is 21.5 Å². The van der Waals surface area contributed by atoms with Gasteiger partial charge < -0.3 is 10.6 Å². The van der Waals surface area contributed by atoms with Crippen molar-refractivity contribution < 1.29 is 0 Å². The first-order chi connectivity index (χ1) is 9.58. The van der Waals surface area contributed by atoms with Crippen LogP contribution < -0.4 is 10.6 Å². The van der Waals surface area contributed by atoms with Gasteiger partial charge in [0.05, 0.1) is 10.7 Å². The standard InChI is InChI=1S/C12H12Cl3N5/c1-2-5-16-11-18-10(15)19-12(20-11)17-9-4-3-7(13)6-8(9)14/h3-4,6H,2,5H2,1H3,(H2,16,17,18,19,20). The van der Waals surface area contributed by atoms with E-state index in [9.17, 15) is 0 Å². The monoisotopic (exact) mass is 331 g/mol. The molecule has 1 heterocycles. The topological polar surface area (TPSA) is 62.7 Å². The van der Waals surface area contributed by atoms with Crippen LogP contribution in [-0.2, 0) is 0 Å². The summed E-state index contributed by atoms with van der Waals surface area (Å²) in [4.78, 5) is 12.2. The number of nitrogens with zero attached hydrogens (tertiary/aromatic N) is 3. The van der Waals surface area contributed by atoms with Crippen LogP contribution in [0.3, 0.4) is 0 Å². The van der Waals surface area contributed by atoms with Crippen LogP contribution in [0.1, 0.15) is 13.3 Å². The maximum atomic E-state index is 6.08. The summed E-state index contributed by atoms with van der Waals surface area (Å²) in [6, 6.07) is 5.08. The molecule has 2 rings (SSSR count). The Kier molecular flexibility index (Phi) is 5.23. The predicted molar refractivity (Wildman–Crippen MR) is 83.4 cm³/mol. The highest BCUT2D eigenvalue weighted by Crippen LogP contribution is 2.27. The zero-order chi connectivity index (χ0) is 14.5. The molecule has 0 bridgehead atoms. The maximum Gasteiger partial charge on any atom is 0.233 e. The van der Waals surface area contributed by atoms with E-state index in [4.69, 9.17) is 34.8 Å². The second-order valence-electron chi connectivity index (χ2n) is 3.93. The molecule has 1 aromatic carbocycles. The summed E-state index contributed by atoms with van der Waals surface area (Å²) in [5.74, 6) is 0.729. The lowest BCUT2D eigenvalue weighted by Gasteiger charge is -2.09. The summed E-state index contributed by atoms with van der Waals surface area (Å²) >= 11 is 17.8. The Morgan fingerprint density at radius 3 is 2.50 bits per heavy atom. The van der Waals surface area contributed by atoms with E-state index in [0.29, 0.717) is 27.6 Å². The lowest BCUT2D eigenvalue weighted by Crippen LogP contribution is -2.07. The van der Waals surface area contributed by atoms with Crippen molar-refractivity contribution in [2.45, 2.75) is 13.3 Å². The molecule has 20 heavy (non-hydrogen) atoms. The highest BCUT2D eigenvalue weighted by Gasteiger charge is 2.07. The van der Waals surface area contributed by atoms with Crippen molar-refractivity contribution in [2.24, 2.45) is 0 Å². The number of halogens is 3. The Morgan fingerprint density at radius 1 is 1.05 bits per heavy atom. The molecule has 0 spiro atoms. The van der Waals surface area contributed by atoms with Crippen molar-refractivity contribution in [3.05, 3.63) is 33.5 Å². The average Bonchev–Trinajstić information content (AvgIpc) is 2.39. The molecule has 0 aliphatic rings. The van der Waals surface area contributed by atoms with Gasteiger partial charge in [0.15, 0.2) is 0 Å². The molecule has 2 aromatic rings. The number of aromatic nitrogens is 3. The fourth-order valence-electron chi connectivity index (χ4n) is 1.43. The zero-order valence-electron chi connectivity index (χ0n) is 10.6. The van der Waals surface area contributed by atoms with Gasteiger partial charge >= 0.3 is 0 Å². The summed E-state index contributed by atoms with van der Waals surface area (Å²) < 4.78 is 0. The van der Waals surface area contributed by atoms with Crippen molar-refractivity contribution in [1.82, 2.24) is 15.0 Å². The van der Waals surface area contributed by atoms with Crippen LogP contribution in [0.25, 0.3) is 0 Å². The number of rotatable bonds is 5. The van der Waals surface area contributed by atoms with Gasteiger partial charge in [-0.3, -0.25) is 0 Å². The number of anilines is 3. The smallest absolute Gasteiger partial charge is 0.233 e. The molecule has 0 radical (unpaired) electrons. The number of hydrogen-bond donors (Lipinski definition) is 2. The third kappa shape index (κ3) is 4.10. The quantitative estimate of drug-likeness (QED) is 0.850. The molecule has 2 N–H and O–H groups in total. The van der Waals surface area contributed by atoms with Crippen LogP contribution in [0, 0.1) is 0 Å². The Morgan fingerprint density at radius 2 is 1.80 bits per heavy atom. The molecule has 0 aliphatic carbocycles. The molecular formula is C12H12Cl3N5. The van der Waals surface area contributed by atoms with Crippen molar-refractivity contribution in [3.8, 4) is 0 Å². The summed E-state index contributed by atoms with van der Waals surface area (Å²) in [5.41, 5.74) is 0.639. The number of hydrogen-bond acceptors (Lipinski definition) is 5. The average molecular weight is 333 g/mol. The summed E-state index contributed by atoms with van der Waals surface area (Å²) in [5, 5.41) is 7.15. The van der Waals surface area contributed by atoms with Crippen LogP contribution in [0.5, 0.6) is 0 Å². The largest absolute Gasteiger partial charge is 0.354 e. The normalized spacial score (nSPS) is 10.4. The van der Waals surface area contributed by atoms with E-state index in [-0.39, 0.29) is 5.28 Å². The molecule has 106 valence electrons. The minimum Gasteiger partial charge on any atom is -0.354 e. The van der Waals surface area contributed by atoms with E-state index in [0.717, 1.165) is 13.0 Å². The van der Waals surface area contributed by atoms with Crippen molar-refractivity contribution in [2.75, 3.05) is 17.2 Å². The molecule has 0 amide bonds. The molecule has 0 atom stereocenters. The van der Waals surface area contributed by atoms with E-state index in [1.54, 1.807) is 18.2 Å². The molecule has 5 nitrogen and oxygen atoms in total. The first-order valence-corrected chi connectivity index (χ1v) is 7.09. The molecule has 0 fully saturated rings. The fraction of sp³-hybridized carbons (Fsp3) is 0.250. The SMILES string of the molecule is CCCNc1nc(Cl)nc(Nc2ccc(Cl)cc2Cl)n1. The van der Waals surface area contributed by atoms with E-state index >= 15 is 0 Å². The van der Waals surface area contributed by atoms with E-state index in [1.165, 1.54) is 0 Å². The third-order valence-corrected chi connectivity index (χ3v) is 3.04. The maximum absolute atomic E-state index is 6.08. The molecule has 0 saturated carbocycles. The van der Waals surface area contributed by atoms with Gasteiger partial charge in [-0.25, -0.2) is 0 Å². The molecule has 8 heteroatoms. The molecule has 0 saturated heterocycles. The van der Waals surface area contributed by atoms with Gasteiger partial charge in [0.25, 0.3) is 0 Å².